The highest BCUT2D eigenvalue weighted by molar-refractivity contribution is 5.94. The van der Waals surface area contributed by atoms with Gasteiger partial charge in [-0.3, -0.25) is 9.69 Å². The average Bonchev–Trinajstić information content (AvgIpc) is 2.79. The molecular formula is C22H25F3N2O4. The summed E-state index contributed by atoms with van der Waals surface area (Å²) in [6.45, 7) is 2.54. The Morgan fingerprint density at radius 3 is 2.29 bits per heavy atom. The highest BCUT2D eigenvalue weighted by atomic mass is 19.4. The number of nitrogens with one attached hydrogen (secondary N) is 1. The SMILES string of the molecule is COc1ccc(C(=O)NCC(c2ccc(C(F)(F)F)cc2)N2CCOCC2)cc1OC. The van der Waals surface area contributed by atoms with E-state index >= 15 is 0 Å². The molecule has 1 aliphatic heterocycles. The van der Waals surface area contributed by atoms with E-state index in [1.165, 1.54) is 26.4 Å². The highest BCUT2D eigenvalue weighted by Gasteiger charge is 2.31. The minimum absolute atomic E-state index is 0.235. The van der Waals surface area contributed by atoms with Gasteiger partial charge >= 0.3 is 6.18 Å². The quantitative estimate of drug-likeness (QED) is 0.717. The number of rotatable bonds is 7. The fraction of sp³-hybridized carbons (Fsp3) is 0.409. The Bertz CT molecular complexity index is 881. The summed E-state index contributed by atoms with van der Waals surface area (Å²) in [5, 5.41) is 2.89. The van der Waals surface area contributed by atoms with Gasteiger partial charge in [0.1, 0.15) is 0 Å². The summed E-state index contributed by atoms with van der Waals surface area (Å²) in [7, 11) is 2.99. The van der Waals surface area contributed by atoms with Crippen molar-refractivity contribution in [1.29, 1.82) is 0 Å². The van der Waals surface area contributed by atoms with E-state index in [1.54, 1.807) is 18.2 Å². The number of nitrogens with zero attached hydrogens (tertiary/aromatic N) is 1. The molecule has 1 fully saturated rings. The summed E-state index contributed by atoms with van der Waals surface area (Å²) < 4.78 is 54.6. The largest absolute Gasteiger partial charge is 0.493 e. The molecule has 1 aliphatic rings. The van der Waals surface area contributed by atoms with Crippen molar-refractivity contribution in [3.63, 3.8) is 0 Å². The first-order valence-corrected chi connectivity index (χ1v) is 9.82. The lowest BCUT2D eigenvalue weighted by molar-refractivity contribution is -0.137. The van der Waals surface area contributed by atoms with Crippen LogP contribution in [0.4, 0.5) is 13.2 Å². The van der Waals surface area contributed by atoms with Gasteiger partial charge in [0, 0.05) is 25.2 Å². The maximum atomic E-state index is 12.9. The molecule has 3 rings (SSSR count). The van der Waals surface area contributed by atoms with E-state index in [4.69, 9.17) is 14.2 Å². The fourth-order valence-corrected chi connectivity index (χ4v) is 3.51. The van der Waals surface area contributed by atoms with Gasteiger partial charge in [-0.2, -0.15) is 13.2 Å². The Morgan fingerprint density at radius 2 is 1.71 bits per heavy atom. The molecule has 2 aromatic carbocycles. The predicted molar refractivity (Wildman–Crippen MR) is 108 cm³/mol. The topological polar surface area (TPSA) is 60.0 Å². The van der Waals surface area contributed by atoms with Gasteiger partial charge in [-0.25, -0.2) is 0 Å². The third-order valence-corrected chi connectivity index (χ3v) is 5.21. The molecule has 0 aliphatic carbocycles. The van der Waals surface area contributed by atoms with Gasteiger partial charge < -0.3 is 19.5 Å². The molecule has 0 spiro atoms. The van der Waals surface area contributed by atoms with Crippen molar-refractivity contribution < 1.29 is 32.2 Å². The summed E-state index contributed by atoms with van der Waals surface area (Å²) in [4.78, 5) is 14.8. The van der Waals surface area contributed by atoms with Crippen LogP contribution in [-0.2, 0) is 10.9 Å². The van der Waals surface area contributed by atoms with Crippen LogP contribution in [0.3, 0.4) is 0 Å². The smallest absolute Gasteiger partial charge is 0.416 e. The summed E-state index contributed by atoms with van der Waals surface area (Å²) in [6.07, 6.45) is -4.39. The number of carbonyl (C=O) groups is 1. The number of carbonyl (C=O) groups excluding carboxylic acids is 1. The number of methoxy groups -OCH3 is 2. The Morgan fingerprint density at radius 1 is 1.06 bits per heavy atom. The number of alkyl halides is 3. The standard InChI is InChI=1S/C22H25F3N2O4/c1-29-19-8-5-16(13-20(19)30-2)21(28)26-14-18(27-9-11-31-12-10-27)15-3-6-17(7-4-15)22(23,24)25/h3-8,13,18H,9-12,14H2,1-2H3,(H,26,28). The molecule has 2 aromatic rings. The summed E-state index contributed by atoms with van der Waals surface area (Å²) in [5.74, 6) is 0.628. The fourth-order valence-electron chi connectivity index (χ4n) is 3.51. The zero-order valence-corrected chi connectivity index (χ0v) is 17.4. The first-order valence-electron chi connectivity index (χ1n) is 9.82. The zero-order valence-electron chi connectivity index (χ0n) is 17.4. The maximum Gasteiger partial charge on any atom is 0.416 e. The average molecular weight is 438 g/mol. The van der Waals surface area contributed by atoms with Crippen LogP contribution in [-0.4, -0.2) is 57.9 Å². The number of hydrogen-bond acceptors (Lipinski definition) is 5. The Kier molecular flexibility index (Phi) is 7.40. The summed E-state index contributed by atoms with van der Waals surface area (Å²) >= 11 is 0. The van der Waals surface area contributed by atoms with Crippen molar-refractivity contribution in [3.8, 4) is 11.5 Å². The number of hydrogen-bond donors (Lipinski definition) is 1. The van der Waals surface area contributed by atoms with Crippen LogP contribution in [0.5, 0.6) is 11.5 Å². The molecule has 0 saturated carbocycles. The normalized spacial score (nSPS) is 15.9. The number of morpholine rings is 1. The van der Waals surface area contributed by atoms with E-state index < -0.39 is 11.7 Å². The van der Waals surface area contributed by atoms with E-state index in [-0.39, 0.29) is 18.5 Å². The Labute approximate surface area is 178 Å². The second-order valence-corrected chi connectivity index (χ2v) is 7.06. The van der Waals surface area contributed by atoms with E-state index in [1.807, 2.05) is 0 Å². The first kappa shape index (κ1) is 22.9. The van der Waals surface area contributed by atoms with Crippen molar-refractivity contribution in [2.75, 3.05) is 47.1 Å². The van der Waals surface area contributed by atoms with Crippen molar-refractivity contribution in [1.82, 2.24) is 10.2 Å². The van der Waals surface area contributed by atoms with Gasteiger partial charge in [0.25, 0.3) is 5.91 Å². The van der Waals surface area contributed by atoms with Crippen molar-refractivity contribution in [2.45, 2.75) is 12.2 Å². The summed E-state index contributed by atoms with van der Waals surface area (Å²) in [5.41, 5.74) is 0.389. The van der Waals surface area contributed by atoms with Gasteiger partial charge in [-0.1, -0.05) is 12.1 Å². The van der Waals surface area contributed by atoms with Crippen LogP contribution in [0.15, 0.2) is 42.5 Å². The molecule has 0 radical (unpaired) electrons. The minimum Gasteiger partial charge on any atom is -0.493 e. The van der Waals surface area contributed by atoms with Gasteiger partial charge in [0.05, 0.1) is 39.0 Å². The maximum absolute atomic E-state index is 12.9. The number of amides is 1. The van der Waals surface area contributed by atoms with Crippen LogP contribution < -0.4 is 14.8 Å². The van der Waals surface area contributed by atoms with Crippen LogP contribution >= 0.6 is 0 Å². The zero-order chi connectivity index (χ0) is 22.4. The predicted octanol–water partition coefficient (Wildman–Crippen LogP) is 3.53. The first-order chi connectivity index (χ1) is 14.8. The molecular weight excluding hydrogens is 413 g/mol. The third kappa shape index (κ3) is 5.68. The molecule has 1 unspecified atom stereocenters. The lowest BCUT2D eigenvalue weighted by Crippen LogP contribution is -2.43. The van der Waals surface area contributed by atoms with Gasteiger partial charge in [0.15, 0.2) is 11.5 Å². The van der Waals surface area contributed by atoms with E-state index in [2.05, 4.69) is 10.2 Å². The molecule has 1 N–H and O–H groups in total. The molecule has 6 nitrogen and oxygen atoms in total. The second kappa shape index (κ2) is 10.0. The Balaban J connectivity index is 1.77. The third-order valence-electron chi connectivity index (χ3n) is 5.21. The molecule has 0 bridgehead atoms. The molecule has 1 amide bonds. The van der Waals surface area contributed by atoms with Crippen molar-refractivity contribution in [2.24, 2.45) is 0 Å². The molecule has 0 aromatic heterocycles. The van der Waals surface area contributed by atoms with Gasteiger partial charge in [-0.15, -0.1) is 0 Å². The lowest BCUT2D eigenvalue weighted by Gasteiger charge is -2.35. The molecule has 168 valence electrons. The molecule has 1 heterocycles. The molecule has 9 heteroatoms. The van der Waals surface area contributed by atoms with Crippen LogP contribution in [0.2, 0.25) is 0 Å². The van der Waals surface area contributed by atoms with Crippen molar-refractivity contribution in [3.05, 3.63) is 59.2 Å². The second-order valence-electron chi connectivity index (χ2n) is 7.06. The van der Waals surface area contributed by atoms with E-state index in [9.17, 15) is 18.0 Å². The van der Waals surface area contributed by atoms with Crippen LogP contribution in [0, 0.1) is 0 Å². The van der Waals surface area contributed by atoms with Crippen LogP contribution in [0.25, 0.3) is 0 Å². The number of ether oxygens (including phenoxy) is 3. The number of halogens is 3. The van der Waals surface area contributed by atoms with E-state index in [0.29, 0.717) is 48.9 Å². The molecule has 1 saturated heterocycles. The van der Waals surface area contributed by atoms with Gasteiger partial charge in [0.2, 0.25) is 0 Å². The summed E-state index contributed by atoms with van der Waals surface area (Å²) in [6, 6.07) is 9.63. The Hall–Kier alpha value is -2.78. The minimum atomic E-state index is -4.39. The van der Waals surface area contributed by atoms with E-state index in [0.717, 1.165) is 12.1 Å². The monoisotopic (exact) mass is 438 g/mol. The van der Waals surface area contributed by atoms with Crippen molar-refractivity contribution >= 4 is 5.91 Å². The number of benzene rings is 2. The molecule has 31 heavy (non-hydrogen) atoms. The molecule has 1 atom stereocenters. The van der Waals surface area contributed by atoms with Gasteiger partial charge in [-0.05, 0) is 35.9 Å². The van der Waals surface area contributed by atoms with Crippen LogP contribution in [0.1, 0.15) is 27.5 Å². The lowest BCUT2D eigenvalue weighted by atomic mass is 10.0. The highest BCUT2D eigenvalue weighted by Crippen LogP contribution is 2.31.